The van der Waals surface area contributed by atoms with E-state index in [-0.39, 0.29) is 5.46 Å². The van der Waals surface area contributed by atoms with Crippen molar-refractivity contribution in [3.8, 4) is 0 Å². The van der Waals surface area contributed by atoms with E-state index in [4.69, 9.17) is 21.6 Å². The predicted molar refractivity (Wildman–Crippen MR) is 82.7 cm³/mol. The second-order valence-corrected chi connectivity index (χ2v) is 5.81. The van der Waals surface area contributed by atoms with Crippen LogP contribution in [0.25, 0.3) is 0 Å². The van der Waals surface area contributed by atoms with E-state index in [2.05, 4.69) is 0 Å². The SMILES string of the molecule is OB(O)c1cc(F)cc(CSCc2ccc(Cl)cc2)c1. The molecule has 0 aliphatic carbocycles. The Kier molecular flexibility index (Phi) is 5.49. The lowest BCUT2D eigenvalue weighted by Gasteiger charge is -2.06. The van der Waals surface area contributed by atoms with Crippen LogP contribution in [0.1, 0.15) is 11.1 Å². The van der Waals surface area contributed by atoms with Gasteiger partial charge in [-0.25, -0.2) is 4.39 Å². The Balaban J connectivity index is 1.95. The molecular formula is C14H13BClFO2S. The molecule has 0 amide bonds. The Bertz CT molecular complexity index is 578. The first-order valence-electron chi connectivity index (χ1n) is 6.02. The molecule has 2 nitrogen and oxygen atoms in total. The summed E-state index contributed by atoms with van der Waals surface area (Å²) in [5.74, 6) is 0.919. The third-order valence-electron chi connectivity index (χ3n) is 2.73. The van der Waals surface area contributed by atoms with Crippen molar-refractivity contribution in [2.45, 2.75) is 11.5 Å². The monoisotopic (exact) mass is 310 g/mol. The van der Waals surface area contributed by atoms with Crippen LogP contribution in [0.4, 0.5) is 4.39 Å². The van der Waals surface area contributed by atoms with Gasteiger partial charge in [0.1, 0.15) is 5.82 Å². The Morgan fingerprint density at radius 2 is 1.65 bits per heavy atom. The minimum Gasteiger partial charge on any atom is -0.423 e. The lowest BCUT2D eigenvalue weighted by molar-refractivity contribution is 0.425. The molecule has 0 aliphatic rings. The van der Waals surface area contributed by atoms with Crippen LogP contribution in [-0.4, -0.2) is 17.2 Å². The summed E-state index contributed by atoms with van der Waals surface area (Å²) in [4.78, 5) is 0. The summed E-state index contributed by atoms with van der Waals surface area (Å²) in [5, 5.41) is 18.8. The molecule has 0 bridgehead atoms. The quantitative estimate of drug-likeness (QED) is 0.834. The molecule has 2 rings (SSSR count). The number of thioether (sulfide) groups is 1. The fraction of sp³-hybridized carbons (Fsp3) is 0.143. The number of hydrogen-bond donors (Lipinski definition) is 2. The van der Waals surface area contributed by atoms with E-state index in [0.717, 1.165) is 22.9 Å². The standard InChI is InChI=1S/C14H13BClFO2S/c16-13-3-1-10(2-4-13)8-20-9-11-5-12(15(18)19)7-14(17)6-11/h1-7,18-19H,8-9H2. The van der Waals surface area contributed by atoms with E-state index in [1.165, 1.54) is 6.07 Å². The van der Waals surface area contributed by atoms with Gasteiger partial charge in [0.2, 0.25) is 0 Å². The molecular weight excluding hydrogens is 297 g/mol. The van der Waals surface area contributed by atoms with Crippen molar-refractivity contribution in [2.24, 2.45) is 0 Å². The highest BCUT2D eigenvalue weighted by atomic mass is 35.5. The topological polar surface area (TPSA) is 40.5 Å². The largest absolute Gasteiger partial charge is 0.488 e. The van der Waals surface area contributed by atoms with Gasteiger partial charge >= 0.3 is 7.12 Å². The third-order valence-corrected chi connectivity index (χ3v) is 4.06. The highest BCUT2D eigenvalue weighted by Crippen LogP contribution is 2.19. The number of benzene rings is 2. The lowest BCUT2D eigenvalue weighted by atomic mass is 9.79. The minimum absolute atomic E-state index is 0.173. The van der Waals surface area contributed by atoms with Crippen molar-refractivity contribution >= 4 is 35.9 Å². The van der Waals surface area contributed by atoms with Crippen molar-refractivity contribution in [1.29, 1.82) is 0 Å². The van der Waals surface area contributed by atoms with Gasteiger partial charge in [-0.3, -0.25) is 0 Å². The molecule has 0 heterocycles. The van der Waals surface area contributed by atoms with E-state index in [1.807, 2.05) is 24.3 Å². The van der Waals surface area contributed by atoms with Gasteiger partial charge in [-0.1, -0.05) is 29.8 Å². The summed E-state index contributed by atoms with van der Waals surface area (Å²) >= 11 is 7.43. The molecule has 0 aromatic heterocycles. The van der Waals surface area contributed by atoms with Crippen LogP contribution < -0.4 is 5.46 Å². The van der Waals surface area contributed by atoms with Gasteiger partial charge in [0, 0.05) is 16.5 Å². The van der Waals surface area contributed by atoms with Crippen molar-refractivity contribution in [3.05, 3.63) is 64.4 Å². The number of rotatable bonds is 5. The molecule has 0 unspecified atom stereocenters. The zero-order chi connectivity index (χ0) is 14.5. The maximum atomic E-state index is 13.3. The first-order chi connectivity index (χ1) is 9.54. The molecule has 2 aromatic rings. The fourth-order valence-corrected chi connectivity index (χ4v) is 2.83. The highest BCUT2D eigenvalue weighted by Gasteiger charge is 2.13. The van der Waals surface area contributed by atoms with Gasteiger partial charge in [0.05, 0.1) is 0 Å². The van der Waals surface area contributed by atoms with E-state index in [9.17, 15) is 4.39 Å². The smallest absolute Gasteiger partial charge is 0.423 e. The van der Waals surface area contributed by atoms with Gasteiger partial charge < -0.3 is 10.0 Å². The Morgan fingerprint density at radius 1 is 1.00 bits per heavy atom. The van der Waals surface area contributed by atoms with Crippen LogP contribution in [-0.2, 0) is 11.5 Å². The third kappa shape index (κ3) is 4.53. The van der Waals surface area contributed by atoms with Crippen LogP contribution >= 0.6 is 23.4 Å². The lowest BCUT2D eigenvalue weighted by Crippen LogP contribution is -2.30. The Morgan fingerprint density at radius 3 is 2.30 bits per heavy atom. The first kappa shape index (κ1) is 15.4. The molecule has 2 N–H and O–H groups in total. The Labute approximate surface area is 126 Å². The molecule has 0 saturated carbocycles. The summed E-state index contributed by atoms with van der Waals surface area (Å²) in [6.07, 6.45) is 0. The van der Waals surface area contributed by atoms with Crippen LogP contribution in [0.3, 0.4) is 0 Å². The van der Waals surface area contributed by atoms with E-state index < -0.39 is 12.9 Å². The number of halogens is 2. The second kappa shape index (κ2) is 7.13. The predicted octanol–water partition coefficient (Wildman–Crippen LogP) is 2.59. The summed E-state index contributed by atoms with van der Waals surface area (Å²) in [5.41, 5.74) is 2.04. The van der Waals surface area contributed by atoms with E-state index >= 15 is 0 Å². The normalized spacial score (nSPS) is 10.6. The summed E-state index contributed by atoms with van der Waals surface area (Å²) in [6, 6.07) is 11.7. The van der Waals surface area contributed by atoms with Gasteiger partial charge in [-0.05, 0) is 40.9 Å². The summed E-state index contributed by atoms with van der Waals surface area (Å²) < 4.78 is 13.3. The molecule has 0 atom stereocenters. The van der Waals surface area contributed by atoms with Crippen LogP contribution in [0.5, 0.6) is 0 Å². The molecule has 20 heavy (non-hydrogen) atoms. The van der Waals surface area contributed by atoms with Crippen LogP contribution in [0.2, 0.25) is 5.02 Å². The Hall–Kier alpha value is -1.01. The molecule has 0 aliphatic heterocycles. The van der Waals surface area contributed by atoms with E-state index in [0.29, 0.717) is 10.8 Å². The summed E-state index contributed by atoms with van der Waals surface area (Å²) in [7, 11) is -1.65. The second-order valence-electron chi connectivity index (χ2n) is 4.39. The van der Waals surface area contributed by atoms with Crippen molar-refractivity contribution < 1.29 is 14.4 Å². The van der Waals surface area contributed by atoms with E-state index in [1.54, 1.807) is 17.8 Å². The van der Waals surface area contributed by atoms with Gasteiger partial charge in [-0.15, -0.1) is 0 Å². The zero-order valence-corrected chi connectivity index (χ0v) is 12.2. The van der Waals surface area contributed by atoms with Crippen molar-refractivity contribution in [1.82, 2.24) is 0 Å². The number of hydrogen-bond acceptors (Lipinski definition) is 3. The molecule has 0 spiro atoms. The van der Waals surface area contributed by atoms with Crippen molar-refractivity contribution in [2.75, 3.05) is 0 Å². The zero-order valence-electron chi connectivity index (χ0n) is 10.6. The maximum Gasteiger partial charge on any atom is 0.488 e. The average molecular weight is 311 g/mol. The first-order valence-corrected chi connectivity index (χ1v) is 7.55. The molecule has 0 radical (unpaired) electrons. The molecule has 6 heteroatoms. The molecule has 0 fully saturated rings. The maximum absolute atomic E-state index is 13.3. The van der Waals surface area contributed by atoms with Crippen LogP contribution in [0, 0.1) is 5.82 Å². The summed E-state index contributed by atoms with van der Waals surface area (Å²) in [6.45, 7) is 0. The minimum atomic E-state index is -1.65. The highest BCUT2D eigenvalue weighted by molar-refractivity contribution is 7.97. The van der Waals surface area contributed by atoms with Gasteiger partial charge in [0.25, 0.3) is 0 Å². The molecule has 2 aromatic carbocycles. The molecule has 0 saturated heterocycles. The molecule has 104 valence electrons. The van der Waals surface area contributed by atoms with Gasteiger partial charge in [-0.2, -0.15) is 11.8 Å². The van der Waals surface area contributed by atoms with Gasteiger partial charge in [0.15, 0.2) is 0 Å². The fourth-order valence-electron chi connectivity index (χ4n) is 1.78. The van der Waals surface area contributed by atoms with Crippen LogP contribution in [0.15, 0.2) is 42.5 Å². The van der Waals surface area contributed by atoms with Crippen molar-refractivity contribution in [3.63, 3.8) is 0 Å². The average Bonchev–Trinajstić information content (AvgIpc) is 2.40.